The lowest BCUT2D eigenvalue weighted by Crippen LogP contribution is -2.30. The lowest BCUT2D eigenvalue weighted by molar-refractivity contribution is -0.167. The number of ether oxygens (including phenoxy) is 3. The van der Waals surface area contributed by atoms with E-state index in [1.807, 2.05) is 0 Å². The van der Waals surface area contributed by atoms with E-state index in [1.165, 1.54) is 193 Å². The van der Waals surface area contributed by atoms with Crippen LogP contribution in [0.2, 0.25) is 0 Å². The van der Waals surface area contributed by atoms with Gasteiger partial charge in [0.05, 0.1) is 0 Å². The molecule has 0 amide bonds. The average Bonchev–Trinajstić information content (AvgIpc) is 3.22. The summed E-state index contributed by atoms with van der Waals surface area (Å²) in [4.78, 5) is 37.9. The molecular formula is C53H102O6. The van der Waals surface area contributed by atoms with Crippen molar-refractivity contribution in [2.45, 2.75) is 303 Å². The molecule has 0 aromatic carbocycles. The first kappa shape index (κ1) is 57.4. The van der Waals surface area contributed by atoms with Gasteiger partial charge in [-0.1, -0.05) is 259 Å². The third kappa shape index (κ3) is 47.3. The summed E-state index contributed by atoms with van der Waals surface area (Å²) in [5.41, 5.74) is 0. The van der Waals surface area contributed by atoms with E-state index in [1.54, 1.807) is 0 Å². The molecule has 0 radical (unpaired) electrons. The monoisotopic (exact) mass is 835 g/mol. The van der Waals surface area contributed by atoms with Gasteiger partial charge in [0.1, 0.15) is 13.2 Å². The Kier molecular flexibility index (Phi) is 46.2. The Bertz CT molecular complexity index is 887. The van der Waals surface area contributed by atoms with E-state index in [0.29, 0.717) is 19.3 Å². The van der Waals surface area contributed by atoms with Crippen molar-refractivity contribution < 1.29 is 28.6 Å². The first-order chi connectivity index (χ1) is 28.9. The van der Waals surface area contributed by atoms with Crippen molar-refractivity contribution >= 4 is 17.9 Å². The molecule has 0 spiro atoms. The van der Waals surface area contributed by atoms with Gasteiger partial charge in [-0.25, -0.2) is 0 Å². The number of esters is 3. The molecule has 0 heterocycles. The molecule has 0 rings (SSSR count). The van der Waals surface area contributed by atoms with E-state index in [4.69, 9.17) is 14.2 Å². The van der Waals surface area contributed by atoms with Crippen molar-refractivity contribution in [3.05, 3.63) is 0 Å². The molecule has 6 nitrogen and oxygen atoms in total. The average molecular weight is 835 g/mol. The summed E-state index contributed by atoms with van der Waals surface area (Å²) in [6.07, 6.45) is 49.4. The molecule has 0 saturated heterocycles. The standard InChI is InChI=1S/C53H102O6/c1-5-7-9-11-13-15-17-21-25-29-33-37-41-45-52(55)58-48-50(47-57-51(54)44-40-36-32-28-16-14-12-10-8-6-2)59-53(56)46-42-38-34-30-26-23-20-18-19-22-24-27-31-35-39-43-49(3)4/h49-50H,5-48H2,1-4H3/t50-/m0/s1. The normalized spacial score (nSPS) is 11.9. The third-order valence-electron chi connectivity index (χ3n) is 12.0. The summed E-state index contributed by atoms with van der Waals surface area (Å²) in [7, 11) is 0. The van der Waals surface area contributed by atoms with Gasteiger partial charge in [0.25, 0.3) is 0 Å². The third-order valence-corrected chi connectivity index (χ3v) is 12.0. The molecule has 0 saturated carbocycles. The highest BCUT2D eigenvalue weighted by Gasteiger charge is 2.19. The number of carbonyl (C=O) groups excluding carboxylic acids is 3. The van der Waals surface area contributed by atoms with Crippen LogP contribution in [-0.4, -0.2) is 37.2 Å². The second-order valence-corrected chi connectivity index (χ2v) is 18.6. The van der Waals surface area contributed by atoms with Gasteiger partial charge < -0.3 is 14.2 Å². The molecule has 6 heteroatoms. The molecule has 0 aromatic rings. The SMILES string of the molecule is CCCCCCCCCCCCCCCC(=O)OC[C@H](COC(=O)CCCCCCCCCCCC)OC(=O)CCCCCCCCCCCCCCCCCC(C)C. The van der Waals surface area contributed by atoms with Crippen LogP contribution in [0.15, 0.2) is 0 Å². The van der Waals surface area contributed by atoms with E-state index < -0.39 is 6.10 Å². The van der Waals surface area contributed by atoms with Gasteiger partial charge in [-0.3, -0.25) is 14.4 Å². The van der Waals surface area contributed by atoms with Crippen LogP contribution in [0.4, 0.5) is 0 Å². The number of hydrogen-bond donors (Lipinski definition) is 0. The fourth-order valence-electron chi connectivity index (χ4n) is 8.04. The maximum atomic E-state index is 12.8. The largest absolute Gasteiger partial charge is 0.462 e. The lowest BCUT2D eigenvalue weighted by Gasteiger charge is -2.18. The molecule has 0 aliphatic rings. The first-order valence-corrected chi connectivity index (χ1v) is 26.4. The van der Waals surface area contributed by atoms with Crippen LogP contribution in [0, 0.1) is 5.92 Å². The van der Waals surface area contributed by atoms with E-state index in [-0.39, 0.29) is 31.1 Å². The summed E-state index contributed by atoms with van der Waals surface area (Å²) < 4.78 is 16.8. The van der Waals surface area contributed by atoms with Crippen LogP contribution in [0.3, 0.4) is 0 Å². The Morgan fingerprint density at radius 3 is 0.831 bits per heavy atom. The van der Waals surface area contributed by atoms with Crippen LogP contribution >= 0.6 is 0 Å². The molecule has 0 aliphatic heterocycles. The molecule has 1 atom stereocenters. The molecule has 0 aromatic heterocycles. The Balaban J connectivity index is 4.26. The second-order valence-electron chi connectivity index (χ2n) is 18.6. The summed E-state index contributed by atoms with van der Waals surface area (Å²) in [6, 6.07) is 0. The second kappa shape index (κ2) is 47.5. The van der Waals surface area contributed by atoms with Crippen LogP contribution in [0.25, 0.3) is 0 Å². The van der Waals surface area contributed by atoms with E-state index in [9.17, 15) is 14.4 Å². The van der Waals surface area contributed by atoms with Gasteiger partial charge in [0, 0.05) is 19.3 Å². The Morgan fingerprint density at radius 2 is 0.559 bits per heavy atom. The van der Waals surface area contributed by atoms with Crippen LogP contribution in [0.1, 0.15) is 297 Å². The van der Waals surface area contributed by atoms with Crippen LogP contribution in [-0.2, 0) is 28.6 Å². The van der Waals surface area contributed by atoms with Gasteiger partial charge in [-0.2, -0.15) is 0 Å². The smallest absolute Gasteiger partial charge is 0.306 e. The minimum absolute atomic E-state index is 0.0625. The number of rotatable bonds is 48. The summed E-state index contributed by atoms with van der Waals surface area (Å²) in [5.74, 6) is 0.00414. The summed E-state index contributed by atoms with van der Waals surface area (Å²) in [6.45, 7) is 9.03. The van der Waals surface area contributed by atoms with Crippen molar-refractivity contribution in [1.82, 2.24) is 0 Å². The van der Waals surface area contributed by atoms with Crippen molar-refractivity contribution in [2.24, 2.45) is 5.92 Å². The topological polar surface area (TPSA) is 78.9 Å². The van der Waals surface area contributed by atoms with Gasteiger partial charge in [0.2, 0.25) is 0 Å². The zero-order valence-corrected chi connectivity index (χ0v) is 40.2. The van der Waals surface area contributed by atoms with Crippen molar-refractivity contribution in [3.8, 4) is 0 Å². The van der Waals surface area contributed by atoms with Crippen molar-refractivity contribution in [2.75, 3.05) is 13.2 Å². The van der Waals surface area contributed by atoms with E-state index >= 15 is 0 Å². The fraction of sp³-hybridized carbons (Fsp3) is 0.943. The van der Waals surface area contributed by atoms with E-state index in [2.05, 4.69) is 27.7 Å². The number of unbranched alkanes of at least 4 members (excludes halogenated alkanes) is 35. The highest BCUT2D eigenvalue weighted by molar-refractivity contribution is 5.71. The predicted molar refractivity (Wildman–Crippen MR) is 252 cm³/mol. The fourth-order valence-corrected chi connectivity index (χ4v) is 8.04. The Hall–Kier alpha value is -1.59. The van der Waals surface area contributed by atoms with Crippen LogP contribution in [0.5, 0.6) is 0 Å². The minimum atomic E-state index is -0.760. The van der Waals surface area contributed by atoms with Crippen LogP contribution < -0.4 is 0 Å². The lowest BCUT2D eigenvalue weighted by atomic mass is 10.0. The zero-order valence-electron chi connectivity index (χ0n) is 40.2. The molecule has 0 N–H and O–H groups in total. The summed E-state index contributed by atoms with van der Waals surface area (Å²) >= 11 is 0. The highest BCUT2D eigenvalue weighted by Crippen LogP contribution is 2.17. The van der Waals surface area contributed by atoms with Crippen molar-refractivity contribution in [3.63, 3.8) is 0 Å². The molecule has 0 unspecified atom stereocenters. The van der Waals surface area contributed by atoms with Gasteiger partial charge in [0.15, 0.2) is 6.10 Å². The minimum Gasteiger partial charge on any atom is -0.462 e. The van der Waals surface area contributed by atoms with Crippen molar-refractivity contribution in [1.29, 1.82) is 0 Å². The first-order valence-electron chi connectivity index (χ1n) is 26.4. The number of hydrogen-bond acceptors (Lipinski definition) is 6. The molecule has 350 valence electrons. The van der Waals surface area contributed by atoms with Gasteiger partial charge >= 0.3 is 17.9 Å². The number of carbonyl (C=O) groups is 3. The molecule has 0 aliphatic carbocycles. The molecule has 0 bridgehead atoms. The zero-order chi connectivity index (χ0) is 43.1. The predicted octanol–water partition coefficient (Wildman–Crippen LogP) is 17.1. The van der Waals surface area contributed by atoms with E-state index in [0.717, 1.165) is 63.7 Å². The maximum absolute atomic E-state index is 12.8. The maximum Gasteiger partial charge on any atom is 0.306 e. The molecular weight excluding hydrogens is 733 g/mol. The van der Waals surface area contributed by atoms with Gasteiger partial charge in [-0.05, 0) is 25.2 Å². The highest BCUT2D eigenvalue weighted by atomic mass is 16.6. The Morgan fingerprint density at radius 1 is 0.322 bits per heavy atom. The molecule has 59 heavy (non-hydrogen) atoms. The molecule has 0 fully saturated rings. The quantitative estimate of drug-likeness (QED) is 0.0345. The summed E-state index contributed by atoms with van der Waals surface area (Å²) in [5, 5.41) is 0. The van der Waals surface area contributed by atoms with Gasteiger partial charge in [-0.15, -0.1) is 0 Å². The Labute approximate surface area is 368 Å².